The molecular weight excluding hydrogens is 326 g/mol. The normalized spacial score (nSPS) is 15.9. The van der Waals surface area contributed by atoms with Gasteiger partial charge in [0, 0.05) is 12.0 Å². The zero-order valence-electron chi connectivity index (χ0n) is 13.3. The van der Waals surface area contributed by atoms with Crippen molar-refractivity contribution in [1.82, 2.24) is 4.72 Å². The Bertz CT molecular complexity index is 871. The lowest BCUT2D eigenvalue weighted by molar-refractivity contribution is 0.0696. The molecule has 2 aromatic rings. The first-order valence-corrected chi connectivity index (χ1v) is 9.22. The number of aryl methyl sites for hydroxylation is 1. The van der Waals surface area contributed by atoms with Gasteiger partial charge in [0.1, 0.15) is 0 Å². The Morgan fingerprint density at radius 1 is 1.17 bits per heavy atom. The summed E-state index contributed by atoms with van der Waals surface area (Å²) in [5, 5.41) is 9.16. The predicted molar refractivity (Wildman–Crippen MR) is 90.7 cm³/mol. The smallest absolute Gasteiger partial charge is 0.335 e. The van der Waals surface area contributed by atoms with E-state index in [-0.39, 0.29) is 15.9 Å². The molecule has 0 aliphatic heterocycles. The minimum Gasteiger partial charge on any atom is -0.478 e. The number of carbonyl (C=O) groups is 1. The molecule has 0 radical (unpaired) electrons. The minimum absolute atomic E-state index is 0.00192. The van der Waals surface area contributed by atoms with E-state index >= 15 is 0 Å². The van der Waals surface area contributed by atoms with Crippen LogP contribution in [0.25, 0.3) is 0 Å². The van der Waals surface area contributed by atoms with Gasteiger partial charge in [0.25, 0.3) is 0 Å². The number of carboxylic acid groups (broad SMARTS) is 1. The van der Waals surface area contributed by atoms with Crippen LogP contribution < -0.4 is 4.72 Å². The maximum atomic E-state index is 12.5. The Balaban J connectivity index is 1.80. The molecule has 1 aliphatic rings. The van der Waals surface area contributed by atoms with Gasteiger partial charge in [-0.3, -0.25) is 0 Å². The Kier molecular flexibility index (Phi) is 4.19. The van der Waals surface area contributed by atoms with Crippen LogP contribution in [-0.2, 0) is 15.4 Å². The fraction of sp³-hybridized carbons (Fsp3) is 0.278. The lowest BCUT2D eigenvalue weighted by atomic mass is 9.96. The molecule has 1 saturated carbocycles. The molecule has 0 aromatic heterocycles. The molecule has 0 amide bonds. The quantitative estimate of drug-likeness (QED) is 0.843. The number of aromatic carboxylic acids is 1. The molecule has 5 nitrogen and oxygen atoms in total. The second-order valence-electron chi connectivity index (χ2n) is 6.25. The van der Waals surface area contributed by atoms with E-state index in [1.54, 1.807) is 6.92 Å². The first-order chi connectivity index (χ1) is 11.3. The van der Waals surface area contributed by atoms with Crippen LogP contribution >= 0.6 is 0 Å². The van der Waals surface area contributed by atoms with Crippen molar-refractivity contribution in [1.29, 1.82) is 0 Å². The van der Waals surface area contributed by atoms with E-state index in [0.29, 0.717) is 12.1 Å². The number of sulfonamides is 1. The van der Waals surface area contributed by atoms with Crippen LogP contribution in [0, 0.1) is 6.92 Å². The first kappa shape index (κ1) is 16.7. The first-order valence-electron chi connectivity index (χ1n) is 7.73. The SMILES string of the molecule is Cc1ccc(S(=O)(=O)NCC2(c3ccccc3)CC2)cc1C(=O)O. The van der Waals surface area contributed by atoms with Gasteiger partial charge in [-0.05, 0) is 43.0 Å². The third-order valence-electron chi connectivity index (χ3n) is 4.59. The van der Waals surface area contributed by atoms with Gasteiger partial charge in [-0.15, -0.1) is 0 Å². The summed E-state index contributed by atoms with van der Waals surface area (Å²) in [6.07, 6.45) is 1.88. The van der Waals surface area contributed by atoms with Gasteiger partial charge in [-0.1, -0.05) is 36.4 Å². The summed E-state index contributed by atoms with van der Waals surface area (Å²) in [5.74, 6) is -1.13. The number of carboxylic acids is 1. The zero-order valence-corrected chi connectivity index (χ0v) is 14.1. The molecule has 126 valence electrons. The number of hydrogen-bond donors (Lipinski definition) is 2. The van der Waals surface area contributed by atoms with Crippen molar-refractivity contribution in [3.63, 3.8) is 0 Å². The third-order valence-corrected chi connectivity index (χ3v) is 5.99. The Morgan fingerprint density at radius 2 is 1.83 bits per heavy atom. The summed E-state index contributed by atoms with van der Waals surface area (Å²) < 4.78 is 27.7. The average molecular weight is 345 g/mol. The van der Waals surface area contributed by atoms with Crippen molar-refractivity contribution in [2.75, 3.05) is 6.54 Å². The van der Waals surface area contributed by atoms with Gasteiger partial charge in [0.15, 0.2) is 0 Å². The van der Waals surface area contributed by atoms with E-state index in [0.717, 1.165) is 18.4 Å². The van der Waals surface area contributed by atoms with Crippen molar-refractivity contribution < 1.29 is 18.3 Å². The highest BCUT2D eigenvalue weighted by molar-refractivity contribution is 7.89. The summed E-state index contributed by atoms with van der Waals surface area (Å²) in [6.45, 7) is 1.96. The second kappa shape index (κ2) is 6.03. The van der Waals surface area contributed by atoms with Crippen molar-refractivity contribution in [2.24, 2.45) is 0 Å². The van der Waals surface area contributed by atoms with E-state index < -0.39 is 16.0 Å². The lowest BCUT2D eigenvalue weighted by Crippen LogP contribution is -2.32. The van der Waals surface area contributed by atoms with Gasteiger partial charge in [0.2, 0.25) is 10.0 Å². The van der Waals surface area contributed by atoms with E-state index in [4.69, 9.17) is 5.11 Å². The maximum absolute atomic E-state index is 12.5. The monoisotopic (exact) mass is 345 g/mol. The molecule has 0 unspecified atom stereocenters. The van der Waals surface area contributed by atoms with Gasteiger partial charge in [-0.25, -0.2) is 17.9 Å². The van der Waals surface area contributed by atoms with Gasteiger partial charge >= 0.3 is 5.97 Å². The molecule has 2 aromatic carbocycles. The number of benzene rings is 2. The predicted octanol–water partition coefficient (Wildman–Crippen LogP) is 2.70. The molecule has 0 bridgehead atoms. The molecule has 24 heavy (non-hydrogen) atoms. The fourth-order valence-corrected chi connectivity index (χ4v) is 3.98. The molecule has 6 heteroatoms. The molecule has 0 atom stereocenters. The van der Waals surface area contributed by atoms with Crippen LogP contribution in [0.2, 0.25) is 0 Å². The van der Waals surface area contributed by atoms with Crippen LogP contribution in [0.1, 0.15) is 34.3 Å². The summed E-state index contributed by atoms with van der Waals surface area (Å²) >= 11 is 0. The highest BCUT2D eigenvalue weighted by Crippen LogP contribution is 2.47. The largest absolute Gasteiger partial charge is 0.478 e. The van der Waals surface area contributed by atoms with E-state index in [1.165, 1.54) is 18.2 Å². The van der Waals surface area contributed by atoms with Gasteiger partial charge in [0.05, 0.1) is 10.5 Å². The zero-order chi connectivity index (χ0) is 17.4. The molecule has 2 N–H and O–H groups in total. The summed E-state index contributed by atoms with van der Waals surface area (Å²) in [6, 6.07) is 14.0. The third kappa shape index (κ3) is 3.20. The summed E-state index contributed by atoms with van der Waals surface area (Å²) in [5.41, 5.74) is 1.52. The maximum Gasteiger partial charge on any atom is 0.335 e. The lowest BCUT2D eigenvalue weighted by Gasteiger charge is -2.17. The van der Waals surface area contributed by atoms with Crippen LogP contribution in [0.4, 0.5) is 0 Å². The van der Waals surface area contributed by atoms with Crippen molar-refractivity contribution in [3.05, 3.63) is 65.2 Å². The standard InChI is InChI=1S/C18H19NO4S/c1-13-7-8-15(11-16(13)17(20)21)24(22,23)19-12-18(9-10-18)14-5-3-2-4-6-14/h2-8,11,19H,9-10,12H2,1H3,(H,20,21). The average Bonchev–Trinajstić information content (AvgIpc) is 3.35. The molecule has 0 spiro atoms. The Labute approximate surface area is 141 Å². The van der Waals surface area contributed by atoms with Crippen molar-refractivity contribution in [3.8, 4) is 0 Å². The van der Waals surface area contributed by atoms with Crippen LogP contribution in [0.15, 0.2) is 53.4 Å². The Hall–Kier alpha value is -2.18. The Morgan fingerprint density at radius 3 is 2.42 bits per heavy atom. The molecule has 1 fully saturated rings. The van der Waals surface area contributed by atoms with Crippen molar-refractivity contribution >= 4 is 16.0 Å². The van der Waals surface area contributed by atoms with Crippen LogP contribution in [-0.4, -0.2) is 26.0 Å². The number of rotatable bonds is 6. The fourth-order valence-electron chi connectivity index (χ4n) is 2.83. The topological polar surface area (TPSA) is 83.5 Å². The highest BCUT2D eigenvalue weighted by atomic mass is 32.2. The molecular formula is C18H19NO4S. The van der Waals surface area contributed by atoms with Gasteiger partial charge < -0.3 is 5.11 Å². The van der Waals surface area contributed by atoms with E-state index in [9.17, 15) is 13.2 Å². The highest BCUT2D eigenvalue weighted by Gasteiger charge is 2.44. The second-order valence-corrected chi connectivity index (χ2v) is 8.02. The van der Waals surface area contributed by atoms with Crippen LogP contribution in [0.3, 0.4) is 0 Å². The van der Waals surface area contributed by atoms with Gasteiger partial charge in [-0.2, -0.15) is 0 Å². The van der Waals surface area contributed by atoms with Crippen LogP contribution in [0.5, 0.6) is 0 Å². The van der Waals surface area contributed by atoms with Crippen molar-refractivity contribution in [2.45, 2.75) is 30.1 Å². The van der Waals surface area contributed by atoms with E-state index in [1.807, 2.05) is 30.3 Å². The number of nitrogens with one attached hydrogen (secondary N) is 1. The summed E-state index contributed by atoms with van der Waals surface area (Å²) in [7, 11) is -3.75. The molecule has 0 heterocycles. The van der Waals surface area contributed by atoms with E-state index in [2.05, 4.69) is 4.72 Å². The summed E-state index contributed by atoms with van der Waals surface area (Å²) in [4.78, 5) is 11.2. The number of hydrogen-bond acceptors (Lipinski definition) is 3. The molecule has 3 rings (SSSR count). The molecule has 1 aliphatic carbocycles. The minimum atomic E-state index is -3.75. The molecule has 0 saturated heterocycles.